The number of carbonyl (C=O) groups is 1. The second-order valence-electron chi connectivity index (χ2n) is 4.80. The summed E-state index contributed by atoms with van der Waals surface area (Å²) in [6, 6.07) is 0. The van der Waals surface area contributed by atoms with E-state index in [1.807, 2.05) is 18.5 Å². The Kier molecular flexibility index (Phi) is 3.45. The summed E-state index contributed by atoms with van der Waals surface area (Å²) in [5, 5.41) is 4.42. The van der Waals surface area contributed by atoms with Gasteiger partial charge in [0.1, 0.15) is 0 Å². The molecule has 1 amide bonds. The van der Waals surface area contributed by atoms with Crippen molar-refractivity contribution in [3.8, 4) is 0 Å². The molecule has 1 aliphatic heterocycles. The summed E-state index contributed by atoms with van der Waals surface area (Å²) in [5.41, 5.74) is 13.0. The van der Waals surface area contributed by atoms with Crippen LogP contribution in [-0.4, -0.2) is 28.8 Å². The van der Waals surface area contributed by atoms with Gasteiger partial charge in [0.25, 0.3) is 0 Å². The number of piperidine rings is 1. The maximum absolute atomic E-state index is 11.2. The lowest BCUT2D eigenvalue weighted by Gasteiger charge is -2.32. The lowest BCUT2D eigenvalue weighted by molar-refractivity contribution is -0.122. The fourth-order valence-corrected chi connectivity index (χ4v) is 2.51. The first-order chi connectivity index (χ1) is 8.54. The van der Waals surface area contributed by atoms with Gasteiger partial charge < -0.3 is 16.4 Å². The van der Waals surface area contributed by atoms with Crippen molar-refractivity contribution in [1.82, 2.24) is 9.78 Å². The molecule has 18 heavy (non-hydrogen) atoms. The minimum atomic E-state index is -0.192. The molecular weight excluding hydrogens is 230 g/mol. The van der Waals surface area contributed by atoms with E-state index in [1.165, 1.54) is 0 Å². The van der Waals surface area contributed by atoms with Gasteiger partial charge in [-0.1, -0.05) is 0 Å². The Bertz CT molecular complexity index is 446. The number of primary amides is 1. The average molecular weight is 251 g/mol. The molecule has 6 heteroatoms. The molecule has 2 rings (SSSR count). The molecule has 0 radical (unpaired) electrons. The van der Waals surface area contributed by atoms with Crippen LogP contribution in [-0.2, 0) is 11.3 Å². The molecule has 0 unspecified atom stereocenters. The second kappa shape index (κ2) is 4.88. The lowest BCUT2D eigenvalue weighted by Crippen LogP contribution is -2.39. The molecule has 0 bridgehead atoms. The summed E-state index contributed by atoms with van der Waals surface area (Å²) in [4.78, 5) is 13.4. The Morgan fingerprint density at radius 1 is 1.44 bits per heavy atom. The molecule has 0 saturated carbocycles. The van der Waals surface area contributed by atoms with Crippen molar-refractivity contribution in [3.63, 3.8) is 0 Å². The summed E-state index contributed by atoms with van der Waals surface area (Å²) in [7, 11) is 0. The number of hydrogen-bond acceptors (Lipinski definition) is 4. The normalized spacial score (nSPS) is 17.1. The van der Waals surface area contributed by atoms with Gasteiger partial charge in [-0.15, -0.1) is 0 Å². The predicted octanol–water partition coefficient (Wildman–Crippen LogP) is 0.495. The van der Waals surface area contributed by atoms with Gasteiger partial charge in [0, 0.05) is 25.6 Å². The Balaban J connectivity index is 2.16. The SMILES string of the molecule is CCn1nc(C)c(N)c1N1CCC(C(N)=O)CC1. The van der Waals surface area contributed by atoms with Gasteiger partial charge in [0.2, 0.25) is 5.91 Å². The number of aryl methyl sites for hydroxylation is 2. The topological polar surface area (TPSA) is 90.2 Å². The molecule has 1 fully saturated rings. The minimum Gasteiger partial charge on any atom is -0.394 e. The highest BCUT2D eigenvalue weighted by Crippen LogP contribution is 2.30. The third-order valence-electron chi connectivity index (χ3n) is 3.64. The van der Waals surface area contributed by atoms with E-state index in [4.69, 9.17) is 11.5 Å². The molecule has 4 N–H and O–H groups in total. The molecule has 1 aliphatic rings. The molecule has 0 spiro atoms. The molecule has 0 aromatic carbocycles. The van der Waals surface area contributed by atoms with E-state index in [1.54, 1.807) is 0 Å². The number of anilines is 2. The van der Waals surface area contributed by atoms with E-state index in [0.29, 0.717) is 0 Å². The maximum Gasteiger partial charge on any atom is 0.220 e. The zero-order valence-corrected chi connectivity index (χ0v) is 11.0. The van der Waals surface area contributed by atoms with Crippen molar-refractivity contribution in [2.75, 3.05) is 23.7 Å². The number of hydrogen-bond donors (Lipinski definition) is 2. The Hall–Kier alpha value is -1.72. The number of aromatic nitrogens is 2. The zero-order valence-electron chi connectivity index (χ0n) is 11.0. The van der Waals surface area contributed by atoms with Crippen LogP contribution in [0.4, 0.5) is 11.5 Å². The first-order valence-corrected chi connectivity index (χ1v) is 6.41. The quantitative estimate of drug-likeness (QED) is 0.818. The van der Waals surface area contributed by atoms with Gasteiger partial charge in [-0.25, -0.2) is 4.68 Å². The first-order valence-electron chi connectivity index (χ1n) is 6.41. The standard InChI is InChI=1S/C12H21N5O/c1-3-17-12(10(13)8(2)15-17)16-6-4-9(5-7-16)11(14)18/h9H,3-7,13H2,1-2H3,(H2,14,18). The number of nitrogens with two attached hydrogens (primary N) is 2. The summed E-state index contributed by atoms with van der Waals surface area (Å²) in [6.45, 7) is 6.38. The highest BCUT2D eigenvalue weighted by Gasteiger charge is 2.26. The number of rotatable bonds is 3. The number of nitrogens with zero attached hydrogens (tertiary/aromatic N) is 3. The summed E-state index contributed by atoms with van der Waals surface area (Å²) >= 11 is 0. The first kappa shape index (κ1) is 12.7. The molecule has 1 aromatic rings. The molecule has 0 atom stereocenters. The molecule has 0 aliphatic carbocycles. The van der Waals surface area contributed by atoms with Crippen LogP contribution in [0.25, 0.3) is 0 Å². The second-order valence-corrected chi connectivity index (χ2v) is 4.80. The zero-order chi connectivity index (χ0) is 13.3. The van der Waals surface area contributed by atoms with Gasteiger partial charge >= 0.3 is 0 Å². The van der Waals surface area contributed by atoms with Crippen LogP contribution >= 0.6 is 0 Å². The lowest BCUT2D eigenvalue weighted by atomic mass is 9.96. The van der Waals surface area contributed by atoms with Crippen molar-refractivity contribution in [1.29, 1.82) is 0 Å². The fourth-order valence-electron chi connectivity index (χ4n) is 2.51. The van der Waals surface area contributed by atoms with Gasteiger partial charge in [-0.3, -0.25) is 4.79 Å². The Labute approximate surface area is 107 Å². The molecule has 100 valence electrons. The fraction of sp³-hybridized carbons (Fsp3) is 0.667. The van der Waals surface area contributed by atoms with E-state index in [2.05, 4.69) is 10.00 Å². The van der Waals surface area contributed by atoms with Gasteiger partial charge in [0.15, 0.2) is 5.82 Å². The average Bonchev–Trinajstić information content (AvgIpc) is 2.65. The third-order valence-corrected chi connectivity index (χ3v) is 3.64. The van der Waals surface area contributed by atoms with Crippen molar-refractivity contribution >= 4 is 17.4 Å². The van der Waals surface area contributed by atoms with E-state index < -0.39 is 0 Å². The summed E-state index contributed by atoms with van der Waals surface area (Å²) in [6.07, 6.45) is 1.59. The Morgan fingerprint density at radius 2 is 2.06 bits per heavy atom. The third kappa shape index (κ3) is 2.14. The Morgan fingerprint density at radius 3 is 2.56 bits per heavy atom. The van der Waals surface area contributed by atoms with Crippen LogP contribution in [0.1, 0.15) is 25.5 Å². The number of carbonyl (C=O) groups excluding carboxylic acids is 1. The van der Waals surface area contributed by atoms with Gasteiger partial charge in [-0.05, 0) is 26.7 Å². The molecule has 1 saturated heterocycles. The van der Waals surface area contributed by atoms with Gasteiger partial charge in [0.05, 0.1) is 11.4 Å². The predicted molar refractivity (Wildman–Crippen MR) is 71.2 cm³/mol. The van der Waals surface area contributed by atoms with Crippen LogP contribution in [0.5, 0.6) is 0 Å². The highest BCUT2D eigenvalue weighted by molar-refractivity contribution is 5.77. The molecule has 6 nitrogen and oxygen atoms in total. The maximum atomic E-state index is 11.2. The van der Waals surface area contributed by atoms with Gasteiger partial charge in [-0.2, -0.15) is 5.10 Å². The van der Waals surface area contributed by atoms with Crippen LogP contribution in [0.3, 0.4) is 0 Å². The number of amides is 1. The van der Waals surface area contributed by atoms with Crippen molar-refractivity contribution < 1.29 is 4.79 Å². The molecular formula is C12H21N5O. The summed E-state index contributed by atoms with van der Waals surface area (Å²) in [5.74, 6) is 0.794. The van der Waals surface area contributed by atoms with Crippen LogP contribution in [0, 0.1) is 12.8 Å². The molecule has 1 aromatic heterocycles. The van der Waals surface area contributed by atoms with Crippen LogP contribution in [0.15, 0.2) is 0 Å². The van der Waals surface area contributed by atoms with E-state index in [9.17, 15) is 4.79 Å². The monoisotopic (exact) mass is 251 g/mol. The van der Waals surface area contributed by atoms with Crippen molar-refractivity contribution in [3.05, 3.63) is 5.69 Å². The van der Waals surface area contributed by atoms with Crippen LogP contribution in [0.2, 0.25) is 0 Å². The largest absolute Gasteiger partial charge is 0.394 e. The van der Waals surface area contributed by atoms with E-state index >= 15 is 0 Å². The minimum absolute atomic E-state index is 0.00145. The smallest absolute Gasteiger partial charge is 0.220 e. The van der Waals surface area contributed by atoms with E-state index in [-0.39, 0.29) is 11.8 Å². The van der Waals surface area contributed by atoms with Crippen molar-refractivity contribution in [2.24, 2.45) is 11.7 Å². The number of nitrogen functional groups attached to an aromatic ring is 1. The molecule has 2 heterocycles. The van der Waals surface area contributed by atoms with Crippen molar-refractivity contribution in [2.45, 2.75) is 33.2 Å². The summed E-state index contributed by atoms with van der Waals surface area (Å²) < 4.78 is 1.93. The van der Waals surface area contributed by atoms with E-state index in [0.717, 1.165) is 49.7 Å². The van der Waals surface area contributed by atoms with Crippen LogP contribution < -0.4 is 16.4 Å². The highest BCUT2D eigenvalue weighted by atomic mass is 16.1.